The molecule has 112 valence electrons. The van der Waals surface area contributed by atoms with E-state index in [0.29, 0.717) is 0 Å². The quantitative estimate of drug-likeness (QED) is 0.811. The van der Waals surface area contributed by atoms with E-state index in [-0.39, 0.29) is 0 Å². The molecule has 3 rings (SSSR count). The van der Waals surface area contributed by atoms with Gasteiger partial charge in [-0.05, 0) is 36.5 Å². The Labute approximate surface area is 129 Å². The van der Waals surface area contributed by atoms with E-state index in [2.05, 4.69) is 9.47 Å². The zero-order valence-corrected chi connectivity index (χ0v) is 12.9. The van der Waals surface area contributed by atoms with Crippen LogP contribution in [-0.2, 0) is 11.4 Å². The van der Waals surface area contributed by atoms with E-state index in [1.54, 1.807) is 7.11 Å². The van der Waals surface area contributed by atoms with Crippen molar-refractivity contribution in [3.8, 4) is 11.4 Å². The van der Waals surface area contributed by atoms with E-state index in [9.17, 15) is 0 Å². The Kier molecular flexibility index (Phi) is 4.38. The molecule has 0 N–H and O–H groups in total. The first-order valence-corrected chi connectivity index (χ1v) is 7.41. The van der Waals surface area contributed by atoms with Crippen LogP contribution in [0.4, 0.5) is 0 Å². The third kappa shape index (κ3) is 3.18. The molecule has 2 heterocycles. The summed E-state index contributed by atoms with van der Waals surface area (Å²) in [5.41, 5.74) is 1.04. The highest BCUT2D eigenvalue weighted by Gasteiger charge is 2.11. The van der Waals surface area contributed by atoms with Crippen LogP contribution in [0.2, 0.25) is 0 Å². The molecule has 0 atom stereocenters. The number of imidazole rings is 1. The fraction of sp³-hybridized carbons (Fsp3) is 0.400. The van der Waals surface area contributed by atoms with E-state index < -0.39 is 0 Å². The standard InChI is InChI=1S/C15H19N3O2S/c1-19-14-4-2-13(3-5-14)18-7-6-17(15(18)21)12-16-8-10-20-11-9-16/h2-7H,8-12H2,1H3. The molecule has 1 aromatic carbocycles. The van der Waals surface area contributed by atoms with Gasteiger partial charge in [0.2, 0.25) is 0 Å². The summed E-state index contributed by atoms with van der Waals surface area (Å²) in [7, 11) is 1.67. The highest BCUT2D eigenvalue weighted by atomic mass is 32.1. The first kappa shape index (κ1) is 14.3. The minimum absolute atomic E-state index is 0.798. The van der Waals surface area contributed by atoms with Crippen molar-refractivity contribution in [2.24, 2.45) is 0 Å². The second-order valence-electron chi connectivity index (χ2n) is 4.99. The van der Waals surface area contributed by atoms with Crippen LogP contribution in [0, 0.1) is 4.77 Å². The summed E-state index contributed by atoms with van der Waals surface area (Å²) in [5.74, 6) is 0.845. The number of methoxy groups -OCH3 is 1. The summed E-state index contributed by atoms with van der Waals surface area (Å²) in [6.07, 6.45) is 4.03. The van der Waals surface area contributed by atoms with Crippen molar-refractivity contribution in [2.45, 2.75) is 6.67 Å². The molecule has 0 unspecified atom stereocenters. The molecule has 1 fully saturated rings. The molecule has 1 aromatic heterocycles. The summed E-state index contributed by atoms with van der Waals surface area (Å²) in [4.78, 5) is 2.34. The molecule has 0 spiro atoms. The Morgan fingerprint density at radius 3 is 2.52 bits per heavy atom. The van der Waals surface area contributed by atoms with Gasteiger partial charge in [0.15, 0.2) is 4.77 Å². The highest BCUT2D eigenvalue weighted by molar-refractivity contribution is 7.71. The molecule has 0 amide bonds. The molecule has 1 aliphatic heterocycles. The lowest BCUT2D eigenvalue weighted by molar-refractivity contribution is 0.0232. The van der Waals surface area contributed by atoms with E-state index >= 15 is 0 Å². The van der Waals surface area contributed by atoms with Crippen LogP contribution in [-0.4, -0.2) is 47.4 Å². The third-order valence-corrected chi connectivity index (χ3v) is 4.09. The number of benzene rings is 1. The van der Waals surface area contributed by atoms with Gasteiger partial charge in [-0.25, -0.2) is 0 Å². The predicted molar refractivity (Wildman–Crippen MR) is 83.5 cm³/mol. The van der Waals surface area contributed by atoms with Gasteiger partial charge in [-0.2, -0.15) is 0 Å². The lowest BCUT2D eigenvalue weighted by atomic mass is 10.3. The van der Waals surface area contributed by atoms with Gasteiger partial charge in [0.05, 0.1) is 27.0 Å². The maximum atomic E-state index is 5.57. The summed E-state index contributed by atoms with van der Waals surface area (Å²) in [6, 6.07) is 7.90. The maximum absolute atomic E-state index is 5.57. The number of morpholine rings is 1. The Hall–Kier alpha value is -1.63. The first-order valence-electron chi connectivity index (χ1n) is 7.00. The number of hydrogen-bond donors (Lipinski definition) is 0. The van der Waals surface area contributed by atoms with Crippen molar-refractivity contribution in [1.82, 2.24) is 14.0 Å². The van der Waals surface area contributed by atoms with Crippen LogP contribution in [0.3, 0.4) is 0 Å². The lowest BCUT2D eigenvalue weighted by Gasteiger charge is -2.26. The monoisotopic (exact) mass is 305 g/mol. The second kappa shape index (κ2) is 6.43. The Bertz CT molecular complexity index is 642. The number of aromatic nitrogens is 2. The Morgan fingerprint density at radius 1 is 1.14 bits per heavy atom. The number of hydrogen-bond acceptors (Lipinski definition) is 4. The van der Waals surface area contributed by atoms with Crippen molar-refractivity contribution >= 4 is 12.2 Å². The van der Waals surface area contributed by atoms with Crippen molar-refractivity contribution in [1.29, 1.82) is 0 Å². The Morgan fingerprint density at radius 2 is 1.86 bits per heavy atom. The SMILES string of the molecule is COc1ccc(-n2ccn(CN3CCOCC3)c2=S)cc1. The molecule has 1 saturated heterocycles. The second-order valence-corrected chi connectivity index (χ2v) is 5.36. The molecular formula is C15H19N3O2S. The molecule has 21 heavy (non-hydrogen) atoms. The van der Waals surface area contributed by atoms with Gasteiger partial charge >= 0.3 is 0 Å². The third-order valence-electron chi connectivity index (χ3n) is 3.65. The number of rotatable bonds is 4. The molecule has 0 saturated carbocycles. The largest absolute Gasteiger partial charge is 0.497 e. The first-order chi connectivity index (χ1) is 10.3. The van der Waals surface area contributed by atoms with E-state index in [1.807, 2.05) is 41.2 Å². The van der Waals surface area contributed by atoms with Crippen molar-refractivity contribution < 1.29 is 9.47 Å². The van der Waals surface area contributed by atoms with Crippen LogP contribution in [0.1, 0.15) is 0 Å². The van der Waals surface area contributed by atoms with Crippen LogP contribution < -0.4 is 4.74 Å². The fourth-order valence-electron chi connectivity index (χ4n) is 2.42. The van der Waals surface area contributed by atoms with Gasteiger partial charge in [-0.3, -0.25) is 9.47 Å². The molecular weight excluding hydrogens is 286 g/mol. The van der Waals surface area contributed by atoms with Gasteiger partial charge in [-0.1, -0.05) is 0 Å². The fourth-order valence-corrected chi connectivity index (χ4v) is 2.70. The van der Waals surface area contributed by atoms with E-state index in [1.165, 1.54) is 0 Å². The van der Waals surface area contributed by atoms with Gasteiger partial charge in [0.25, 0.3) is 0 Å². The molecule has 0 aliphatic carbocycles. The van der Waals surface area contributed by atoms with Crippen LogP contribution in [0.5, 0.6) is 5.75 Å². The number of ether oxygens (including phenoxy) is 2. The molecule has 2 aromatic rings. The maximum Gasteiger partial charge on any atom is 0.185 e. The summed E-state index contributed by atoms with van der Waals surface area (Å²) in [6.45, 7) is 4.31. The summed E-state index contributed by atoms with van der Waals surface area (Å²) in [5, 5.41) is 0. The topological polar surface area (TPSA) is 31.6 Å². The average molecular weight is 305 g/mol. The summed E-state index contributed by atoms with van der Waals surface area (Å²) < 4.78 is 15.4. The lowest BCUT2D eigenvalue weighted by Crippen LogP contribution is -2.37. The van der Waals surface area contributed by atoms with E-state index in [0.717, 1.165) is 49.2 Å². The van der Waals surface area contributed by atoms with Crippen molar-refractivity contribution in [2.75, 3.05) is 33.4 Å². The van der Waals surface area contributed by atoms with Crippen LogP contribution in [0.15, 0.2) is 36.7 Å². The van der Waals surface area contributed by atoms with Gasteiger partial charge < -0.3 is 14.0 Å². The Balaban J connectivity index is 1.79. The molecule has 5 nitrogen and oxygen atoms in total. The van der Waals surface area contributed by atoms with Crippen molar-refractivity contribution in [3.05, 3.63) is 41.4 Å². The van der Waals surface area contributed by atoms with E-state index in [4.69, 9.17) is 21.7 Å². The zero-order valence-electron chi connectivity index (χ0n) is 12.1. The minimum atomic E-state index is 0.798. The smallest absolute Gasteiger partial charge is 0.185 e. The summed E-state index contributed by atoms with van der Waals surface area (Å²) >= 11 is 5.57. The van der Waals surface area contributed by atoms with Gasteiger partial charge in [0, 0.05) is 31.2 Å². The van der Waals surface area contributed by atoms with Gasteiger partial charge in [-0.15, -0.1) is 0 Å². The highest BCUT2D eigenvalue weighted by Crippen LogP contribution is 2.16. The normalized spacial score (nSPS) is 16.0. The van der Waals surface area contributed by atoms with Crippen LogP contribution in [0.25, 0.3) is 5.69 Å². The molecule has 1 aliphatic rings. The molecule has 0 radical (unpaired) electrons. The van der Waals surface area contributed by atoms with Crippen molar-refractivity contribution in [3.63, 3.8) is 0 Å². The predicted octanol–water partition coefficient (Wildman–Crippen LogP) is 2.31. The zero-order chi connectivity index (χ0) is 14.7. The number of nitrogens with zero attached hydrogens (tertiary/aromatic N) is 3. The average Bonchev–Trinajstić information content (AvgIpc) is 2.89. The minimum Gasteiger partial charge on any atom is -0.497 e. The van der Waals surface area contributed by atoms with Gasteiger partial charge in [0.1, 0.15) is 5.75 Å². The molecule has 6 heteroatoms. The molecule has 0 bridgehead atoms. The van der Waals surface area contributed by atoms with Crippen LogP contribution >= 0.6 is 12.2 Å².